The maximum absolute atomic E-state index is 11.3. The van der Waals surface area contributed by atoms with Crippen LogP contribution in [0.2, 0.25) is 0 Å². The predicted molar refractivity (Wildman–Crippen MR) is 81.7 cm³/mol. The molecule has 0 fully saturated rings. The maximum Gasteiger partial charge on any atom is 0.307 e. The quantitative estimate of drug-likeness (QED) is 0.535. The van der Waals surface area contributed by atoms with E-state index in [0.29, 0.717) is 6.61 Å². The van der Waals surface area contributed by atoms with Gasteiger partial charge in [0.15, 0.2) is 0 Å². The fourth-order valence-electron chi connectivity index (χ4n) is 1.32. The Labute approximate surface area is 127 Å². The number of phenolic OH excluding ortho intramolecular Hbond substituents is 1. The van der Waals surface area contributed by atoms with Crippen LogP contribution in [0.1, 0.15) is 24.9 Å². The second-order valence-corrected chi connectivity index (χ2v) is 5.77. The lowest BCUT2D eigenvalue weighted by atomic mass is 10.0. The van der Waals surface area contributed by atoms with E-state index >= 15 is 0 Å². The third kappa shape index (κ3) is 4.25. The van der Waals surface area contributed by atoms with Crippen LogP contribution in [0.25, 0.3) is 0 Å². The van der Waals surface area contributed by atoms with E-state index in [1.54, 1.807) is 19.1 Å². The Balaban J connectivity index is 2.82. The third-order valence-corrected chi connectivity index (χ3v) is 3.80. The van der Waals surface area contributed by atoms with Gasteiger partial charge in [-0.25, -0.2) is 0 Å². The van der Waals surface area contributed by atoms with Crippen LogP contribution in [0.15, 0.2) is 12.1 Å². The van der Waals surface area contributed by atoms with Crippen LogP contribution in [-0.2, 0) is 9.53 Å². The molecule has 1 aromatic carbocycles. The molecule has 3 N–H and O–H groups in total. The van der Waals surface area contributed by atoms with E-state index < -0.39 is 6.04 Å². The van der Waals surface area contributed by atoms with Gasteiger partial charge in [-0.15, -0.1) is 0 Å². The molecule has 0 amide bonds. The Kier molecular flexibility index (Phi) is 5.93. The smallest absolute Gasteiger partial charge is 0.307 e. The zero-order chi connectivity index (χ0) is 13.0. The molecule has 0 spiro atoms. The van der Waals surface area contributed by atoms with Gasteiger partial charge >= 0.3 is 5.97 Å². The van der Waals surface area contributed by atoms with Crippen LogP contribution in [0, 0.1) is 7.14 Å². The molecule has 0 unspecified atom stereocenters. The minimum atomic E-state index is -0.406. The number of hydrogen-bond acceptors (Lipinski definition) is 4. The number of rotatable bonds is 4. The van der Waals surface area contributed by atoms with Crippen LogP contribution >= 0.6 is 45.2 Å². The molecule has 0 saturated heterocycles. The van der Waals surface area contributed by atoms with Crippen molar-refractivity contribution in [1.82, 2.24) is 0 Å². The van der Waals surface area contributed by atoms with Gasteiger partial charge in [-0.05, 0) is 69.8 Å². The molecule has 1 rings (SSSR count). The lowest BCUT2D eigenvalue weighted by molar-refractivity contribution is -0.143. The summed E-state index contributed by atoms with van der Waals surface area (Å²) in [5.41, 5.74) is 6.75. The van der Waals surface area contributed by atoms with Crippen molar-refractivity contribution in [2.24, 2.45) is 5.73 Å². The van der Waals surface area contributed by atoms with Crippen LogP contribution in [-0.4, -0.2) is 17.7 Å². The van der Waals surface area contributed by atoms with E-state index in [9.17, 15) is 9.90 Å². The summed E-state index contributed by atoms with van der Waals surface area (Å²) in [7, 11) is 0. The van der Waals surface area contributed by atoms with E-state index in [4.69, 9.17) is 10.5 Å². The fraction of sp³-hybridized carbons (Fsp3) is 0.364. The lowest BCUT2D eigenvalue weighted by Gasteiger charge is -2.13. The Morgan fingerprint density at radius 1 is 1.47 bits per heavy atom. The second kappa shape index (κ2) is 6.74. The molecule has 6 heteroatoms. The summed E-state index contributed by atoms with van der Waals surface area (Å²) < 4.78 is 6.30. The fourth-order valence-corrected chi connectivity index (χ4v) is 3.13. The molecule has 0 aliphatic carbocycles. The molecule has 0 radical (unpaired) electrons. The molecule has 0 saturated carbocycles. The highest BCUT2D eigenvalue weighted by molar-refractivity contribution is 14.1. The number of phenols is 1. The highest BCUT2D eigenvalue weighted by atomic mass is 127. The molecule has 94 valence electrons. The summed E-state index contributed by atoms with van der Waals surface area (Å²) in [5.74, 6) is -0.0589. The van der Waals surface area contributed by atoms with Crippen molar-refractivity contribution >= 4 is 51.2 Å². The van der Waals surface area contributed by atoms with Crippen molar-refractivity contribution in [2.75, 3.05) is 6.61 Å². The van der Waals surface area contributed by atoms with Gasteiger partial charge in [0.25, 0.3) is 0 Å². The van der Waals surface area contributed by atoms with Crippen molar-refractivity contribution in [3.63, 3.8) is 0 Å². The van der Waals surface area contributed by atoms with Gasteiger partial charge in [-0.2, -0.15) is 0 Å². The molecule has 4 nitrogen and oxygen atoms in total. The van der Waals surface area contributed by atoms with Crippen LogP contribution in [0.3, 0.4) is 0 Å². The van der Waals surface area contributed by atoms with Crippen LogP contribution in [0.4, 0.5) is 0 Å². The Hall–Kier alpha value is -0.0900. The number of nitrogens with two attached hydrogens (primary N) is 1. The van der Waals surface area contributed by atoms with E-state index in [0.717, 1.165) is 12.7 Å². The number of carbonyl (C=O) groups excluding carboxylic acids is 1. The zero-order valence-electron chi connectivity index (χ0n) is 9.24. The van der Waals surface area contributed by atoms with Gasteiger partial charge in [-0.3, -0.25) is 4.79 Å². The molecule has 1 aromatic rings. The topological polar surface area (TPSA) is 72.5 Å². The molecule has 0 bridgehead atoms. The number of aromatic hydroxyl groups is 1. The number of benzene rings is 1. The Morgan fingerprint density at radius 2 is 2.00 bits per heavy atom. The van der Waals surface area contributed by atoms with Gasteiger partial charge in [0.1, 0.15) is 5.75 Å². The van der Waals surface area contributed by atoms with E-state index in [-0.39, 0.29) is 18.1 Å². The number of halogens is 2. The average molecular weight is 461 g/mol. The largest absolute Gasteiger partial charge is 0.506 e. The highest BCUT2D eigenvalue weighted by Gasteiger charge is 2.15. The number of ether oxygens (including phenoxy) is 1. The first-order valence-electron chi connectivity index (χ1n) is 5.04. The van der Waals surface area contributed by atoms with E-state index in [1.807, 2.05) is 45.2 Å². The summed E-state index contributed by atoms with van der Waals surface area (Å²) in [4.78, 5) is 11.3. The zero-order valence-corrected chi connectivity index (χ0v) is 13.6. The van der Waals surface area contributed by atoms with Gasteiger partial charge < -0.3 is 15.6 Å². The summed E-state index contributed by atoms with van der Waals surface area (Å²) in [5, 5.41) is 9.63. The predicted octanol–water partition coefficient (Wildman–Crippen LogP) is 2.55. The van der Waals surface area contributed by atoms with Gasteiger partial charge in [-0.1, -0.05) is 0 Å². The normalized spacial score (nSPS) is 12.2. The molecule has 0 aromatic heterocycles. The van der Waals surface area contributed by atoms with Gasteiger partial charge in [0, 0.05) is 6.04 Å². The lowest BCUT2D eigenvalue weighted by Crippen LogP contribution is -2.17. The molecular weight excluding hydrogens is 448 g/mol. The third-order valence-electron chi connectivity index (χ3n) is 2.16. The van der Waals surface area contributed by atoms with Crippen molar-refractivity contribution in [1.29, 1.82) is 0 Å². The minimum absolute atomic E-state index is 0.144. The van der Waals surface area contributed by atoms with Crippen molar-refractivity contribution < 1.29 is 14.6 Å². The summed E-state index contributed by atoms with van der Waals surface area (Å²) in [6, 6.07) is 3.15. The van der Waals surface area contributed by atoms with Crippen molar-refractivity contribution in [2.45, 2.75) is 19.4 Å². The van der Waals surface area contributed by atoms with E-state index in [1.165, 1.54) is 0 Å². The summed E-state index contributed by atoms with van der Waals surface area (Å²) in [6.45, 7) is 2.12. The number of esters is 1. The average Bonchev–Trinajstić information content (AvgIpc) is 2.25. The van der Waals surface area contributed by atoms with E-state index in [2.05, 4.69) is 0 Å². The highest BCUT2D eigenvalue weighted by Crippen LogP contribution is 2.29. The van der Waals surface area contributed by atoms with Crippen molar-refractivity contribution in [3.8, 4) is 5.75 Å². The molecule has 0 aliphatic rings. The second-order valence-electron chi connectivity index (χ2n) is 3.45. The molecule has 1 atom stereocenters. The molecule has 0 aliphatic heterocycles. The van der Waals surface area contributed by atoms with Crippen LogP contribution < -0.4 is 5.73 Å². The summed E-state index contributed by atoms with van der Waals surface area (Å²) in [6.07, 6.45) is 0.144. The van der Waals surface area contributed by atoms with Crippen molar-refractivity contribution in [3.05, 3.63) is 24.8 Å². The number of carbonyl (C=O) groups is 1. The first-order chi connectivity index (χ1) is 7.95. The standard InChI is InChI=1S/C11H13I2NO3/c1-2-17-10(15)5-9(14)6-3-7(12)11(16)8(13)4-6/h3-4,9,16H,2,5,14H2,1H3/t9-/m0/s1. The SMILES string of the molecule is CCOC(=O)C[C@H](N)c1cc(I)c(O)c(I)c1. The minimum Gasteiger partial charge on any atom is -0.506 e. The molecule has 17 heavy (non-hydrogen) atoms. The molecular formula is C11H13I2NO3. The maximum atomic E-state index is 11.3. The van der Waals surface area contributed by atoms with Gasteiger partial charge in [0.05, 0.1) is 20.2 Å². The summed E-state index contributed by atoms with van der Waals surface area (Å²) >= 11 is 4.07. The van der Waals surface area contributed by atoms with Crippen LogP contribution in [0.5, 0.6) is 5.75 Å². The Bertz CT molecular complexity index is 400. The Morgan fingerprint density at radius 3 is 2.47 bits per heavy atom. The molecule has 0 heterocycles. The first kappa shape index (κ1) is 15.0. The van der Waals surface area contributed by atoms with Gasteiger partial charge in [0.2, 0.25) is 0 Å². The monoisotopic (exact) mass is 461 g/mol. The number of hydrogen-bond donors (Lipinski definition) is 2. The first-order valence-corrected chi connectivity index (χ1v) is 7.20.